The summed E-state index contributed by atoms with van der Waals surface area (Å²) >= 11 is 3.43. The summed E-state index contributed by atoms with van der Waals surface area (Å²) in [5.41, 5.74) is 0.0318. The summed E-state index contributed by atoms with van der Waals surface area (Å²) in [4.78, 5) is 0. The smallest absolute Gasteiger partial charge is 0.152 e. The van der Waals surface area contributed by atoms with Gasteiger partial charge in [-0.15, -0.1) is 0 Å². The highest BCUT2D eigenvalue weighted by Crippen LogP contribution is 2.38. The first-order chi connectivity index (χ1) is 8.89. The molecule has 0 radical (unpaired) electrons. The lowest BCUT2D eigenvalue weighted by Crippen LogP contribution is -2.51. The first-order valence-electron chi connectivity index (χ1n) is 6.21. The number of rotatable bonds is 4. The van der Waals surface area contributed by atoms with Crippen LogP contribution < -0.4 is 5.32 Å². The fraction of sp³-hybridized carbons (Fsp3) is 0.538. The van der Waals surface area contributed by atoms with Gasteiger partial charge < -0.3 is 10.4 Å². The molecule has 0 heterocycles. The fourth-order valence-electron chi connectivity index (χ4n) is 2.86. The lowest BCUT2D eigenvalue weighted by Gasteiger charge is -2.35. The van der Waals surface area contributed by atoms with Crippen LogP contribution in [0.15, 0.2) is 28.7 Å². The molecular weight excluding hydrogens is 330 g/mol. The molecule has 0 bridgehead atoms. The summed E-state index contributed by atoms with van der Waals surface area (Å²) in [6.45, 7) is -0.188. The van der Waals surface area contributed by atoms with Crippen LogP contribution in [0.2, 0.25) is 0 Å². The van der Waals surface area contributed by atoms with E-state index in [1.165, 1.54) is 6.26 Å². The number of hydrogen-bond donors (Lipinski definition) is 2. The van der Waals surface area contributed by atoms with Crippen LogP contribution in [-0.4, -0.2) is 37.2 Å². The van der Waals surface area contributed by atoms with Crippen molar-refractivity contribution in [3.63, 3.8) is 0 Å². The highest BCUT2D eigenvalue weighted by molar-refractivity contribution is 9.10. The van der Waals surface area contributed by atoms with Crippen LogP contribution in [0.25, 0.3) is 0 Å². The molecule has 1 aromatic rings. The minimum atomic E-state index is -3.19. The topological polar surface area (TPSA) is 66.4 Å². The summed E-state index contributed by atoms with van der Waals surface area (Å²) in [6, 6.07) is 7.53. The van der Waals surface area contributed by atoms with Crippen molar-refractivity contribution >= 4 is 31.5 Å². The maximum Gasteiger partial charge on any atom is 0.152 e. The van der Waals surface area contributed by atoms with E-state index in [1.54, 1.807) is 0 Å². The third kappa shape index (κ3) is 2.95. The van der Waals surface area contributed by atoms with Crippen LogP contribution >= 0.6 is 15.9 Å². The second-order valence-corrected chi connectivity index (χ2v) is 8.21. The third-order valence-electron chi connectivity index (χ3n) is 3.76. The monoisotopic (exact) mass is 347 g/mol. The number of anilines is 1. The number of aliphatic hydroxyl groups is 1. The molecule has 1 aliphatic rings. The molecule has 1 aliphatic carbocycles. The summed E-state index contributed by atoms with van der Waals surface area (Å²) in [6.07, 6.45) is 3.30. The SMILES string of the molecule is CS(=O)(=O)C1CCCC1(CO)Nc1ccccc1Br. The van der Waals surface area contributed by atoms with Crippen LogP contribution in [0.1, 0.15) is 19.3 Å². The largest absolute Gasteiger partial charge is 0.394 e. The molecule has 19 heavy (non-hydrogen) atoms. The van der Waals surface area contributed by atoms with E-state index in [0.29, 0.717) is 12.8 Å². The maximum absolute atomic E-state index is 11.9. The molecule has 1 fully saturated rings. The van der Waals surface area contributed by atoms with E-state index in [0.717, 1.165) is 16.6 Å². The molecule has 1 aromatic carbocycles. The Morgan fingerprint density at radius 1 is 1.47 bits per heavy atom. The Morgan fingerprint density at radius 2 is 2.16 bits per heavy atom. The zero-order valence-electron chi connectivity index (χ0n) is 10.8. The van der Waals surface area contributed by atoms with Gasteiger partial charge >= 0.3 is 0 Å². The lowest BCUT2D eigenvalue weighted by molar-refractivity contribution is 0.215. The van der Waals surface area contributed by atoms with Gasteiger partial charge in [0.15, 0.2) is 9.84 Å². The van der Waals surface area contributed by atoms with Gasteiger partial charge in [-0.2, -0.15) is 0 Å². The Bertz CT molecular complexity index is 561. The van der Waals surface area contributed by atoms with E-state index in [4.69, 9.17) is 0 Å². The van der Waals surface area contributed by atoms with Crippen LogP contribution in [0, 0.1) is 0 Å². The van der Waals surface area contributed by atoms with Crippen molar-refractivity contribution in [2.75, 3.05) is 18.2 Å². The third-order valence-corrected chi connectivity index (χ3v) is 6.17. The Kier molecular flexibility index (Phi) is 4.23. The van der Waals surface area contributed by atoms with E-state index < -0.39 is 20.6 Å². The van der Waals surface area contributed by atoms with Gasteiger partial charge in [-0.05, 0) is 47.3 Å². The molecule has 1 saturated carbocycles. The molecular formula is C13H18BrNO3S. The molecule has 0 saturated heterocycles. The first-order valence-corrected chi connectivity index (χ1v) is 8.96. The van der Waals surface area contributed by atoms with Crippen molar-refractivity contribution in [2.24, 2.45) is 0 Å². The van der Waals surface area contributed by atoms with Gasteiger partial charge in [0.05, 0.1) is 17.4 Å². The minimum Gasteiger partial charge on any atom is -0.394 e. The number of hydrogen-bond acceptors (Lipinski definition) is 4. The number of halogens is 1. The van der Waals surface area contributed by atoms with Gasteiger partial charge in [-0.3, -0.25) is 0 Å². The molecule has 0 spiro atoms. The zero-order chi connectivity index (χ0) is 14.1. The van der Waals surface area contributed by atoms with Gasteiger partial charge in [-0.25, -0.2) is 8.42 Å². The van der Waals surface area contributed by atoms with Gasteiger partial charge in [0, 0.05) is 16.4 Å². The number of nitrogens with one attached hydrogen (secondary N) is 1. The average Bonchev–Trinajstić information content (AvgIpc) is 2.76. The highest BCUT2D eigenvalue weighted by Gasteiger charge is 2.48. The van der Waals surface area contributed by atoms with E-state index in [9.17, 15) is 13.5 Å². The number of para-hydroxylation sites is 1. The normalized spacial score (nSPS) is 27.4. The van der Waals surface area contributed by atoms with E-state index in [-0.39, 0.29) is 6.61 Å². The molecule has 0 aliphatic heterocycles. The molecule has 0 amide bonds. The zero-order valence-corrected chi connectivity index (χ0v) is 13.2. The number of sulfone groups is 1. The summed E-state index contributed by atoms with van der Waals surface area (Å²) in [5, 5.41) is 12.5. The highest BCUT2D eigenvalue weighted by atomic mass is 79.9. The van der Waals surface area contributed by atoms with Crippen molar-refractivity contribution in [1.29, 1.82) is 0 Å². The van der Waals surface area contributed by atoms with E-state index in [1.807, 2.05) is 24.3 Å². The van der Waals surface area contributed by atoms with Crippen LogP contribution in [-0.2, 0) is 9.84 Å². The second-order valence-electron chi connectivity index (χ2n) is 5.13. The Morgan fingerprint density at radius 3 is 2.74 bits per heavy atom. The lowest BCUT2D eigenvalue weighted by atomic mass is 9.98. The fourth-order valence-corrected chi connectivity index (χ4v) is 4.91. The Hall–Kier alpha value is -0.590. The molecule has 2 rings (SSSR count). The van der Waals surface area contributed by atoms with Crippen molar-refractivity contribution in [3.8, 4) is 0 Å². The maximum atomic E-state index is 11.9. The van der Waals surface area contributed by atoms with Gasteiger partial charge in [-0.1, -0.05) is 12.1 Å². The van der Waals surface area contributed by atoms with Crippen LogP contribution in [0.3, 0.4) is 0 Å². The molecule has 6 heteroatoms. The molecule has 106 valence electrons. The minimum absolute atomic E-state index is 0.188. The summed E-state index contributed by atoms with van der Waals surface area (Å²) in [5.74, 6) is 0. The summed E-state index contributed by atoms with van der Waals surface area (Å²) in [7, 11) is -3.19. The van der Waals surface area contributed by atoms with E-state index >= 15 is 0 Å². The molecule has 2 atom stereocenters. The van der Waals surface area contributed by atoms with E-state index in [2.05, 4.69) is 21.2 Å². The number of benzene rings is 1. The van der Waals surface area contributed by atoms with Crippen LogP contribution in [0.5, 0.6) is 0 Å². The predicted molar refractivity (Wildman–Crippen MR) is 80.1 cm³/mol. The average molecular weight is 348 g/mol. The first kappa shape index (κ1) is 14.8. The van der Waals surface area contributed by atoms with Crippen LogP contribution in [0.4, 0.5) is 5.69 Å². The molecule has 0 aromatic heterocycles. The second kappa shape index (κ2) is 5.42. The summed E-state index contributed by atoms with van der Waals surface area (Å²) < 4.78 is 24.7. The number of aliphatic hydroxyl groups excluding tert-OH is 1. The quantitative estimate of drug-likeness (QED) is 0.875. The Balaban J connectivity index is 2.36. The standard InChI is InChI=1S/C13H18BrNO3S/c1-19(17,18)12-7-4-8-13(12,9-16)15-11-6-3-2-5-10(11)14/h2-3,5-6,12,15-16H,4,7-9H2,1H3. The van der Waals surface area contributed by atoms with Crippen molar-refractivity contribution in [1.82, 2.24) is 0 Å². The molecule has 2 unspecified atom stereocenters. The van der Waals surface area contributed by atoms with Gasteiger partial charge in [0.2, 0.25) is 0 Å². The van der Waals surface area contributed by atoms with Crippen molar-refractivity contribution < 1.29 is 13.5 Å². The molecule has 2 N–H and O–H groups in total. The van der Waals surface area contributed by atoms with Crippen molar-refractivity contribution in [3.05, 3.63) is 28.7 Å². The van der Waals surface area contributed by atoms with Crippen molar-refractivity contribution in [2.45, 2.75) is 30.1 Å². The Labute approximate surface area is 122 Å². The molecule has 4 nitrogen and oxygen atoms in total. The van der Waals surface area contributed by atoms with Gasteiger partial charge in [0.1, 0.15) is 0 Å². The van der Waals surface area contributed by atoms with Gasteiger partial charge in [0.25, 0.3) is 0 Å². The predicted octanol–water partition coefficient (Wildman–Crippen LogP) is 2.19.